The molecular formula is C14H24N4O2. The summed E-state index contributed by atoms with van der Waals surface area (Å²) in [4.78, 5) is 16.0. The molecule has 6 heteroatoms. The zero-order valence-corrected chi connectivity index (χ0v) is 12.2. The topological polar surface area (TPSA) is 94.0 Å². The van der Waals surface area contributed by atoms with Crippen LogP contribution in [0.25, 0.3) is 0 Å². The summed E-state index contributed by atoms with van der Waals surface area (Å²) in [5.74, 6) is 0.866. The average molecular weight is 280 g/mol. The minimum atomic E-state index is -0.900. The number of hydrogen-bond donors (Lipinski definition) is 2. The molecule has 0 saturated heterocycles. The highest BCUT2D eigenvalue weighted by Gasteiger charge is 2.43. The van der Waals surface area contributed by atoms with Crippen molar-refractivity contribution in [3.8, 4) is 0 Å². The molecule has 1 unspecified atom stereocenters. The van der Waals surface area contributed by atoms with Crippen LogP contribution < -0.4 is 5.73 Å². The fourth-order valence-electron chi connectivity index (χ4n) is 2.58. The molecule has 2 rings (SSSR count). The first-order chi connectivity index (χ1) is 9.47. The van der Waals surface area contributed by atoms with Crippen molar-refractivity contribution in [2.24, 2.45) is 23.0 Å². The smallest absolute Gasteiger partial charge is 0.311 e. The fraction of sp³-hybridized carbons (Fsp3) is 0.786. The lowest BCUT2D eigenvalue weighted by Crippen LogP contribution is -2.42. The number of carboxylic acids is 1. The van der Waals surface area contributed by atoms with E-state index in [-0.39, 0.29) is 6.54 Å². The number of rotatable bonds is 8. The second-order valence-electron chi connectivity index (χ2n) is 6.37. The van der Waals surface area contributed by atoms with E-state index in [0.29, 0.717) is 24.7 Å². The molecule has 0 aromatic carbocycles. The number of aromatic nitrogens is 3. The SMILES string of the molecule is CC(C)Cn1ncnc1CC(CN)(CC1CC1)C(=O)O. The molecule has 112 valence electrons. The predicted octanol–water partition coefficient (Wildman–Crippen LogP) is 1.31. The predicted molar refractivity (Wildman–Crippen MR) is 75.0 cm³/mol. The van der Waals surface area contributed by atoms with Crippen LogP contribution in [0.15, 0.2) is 6.33 Å². The minimum absolute atomic E-state index is 0.146. The van der Waals surface area contributed by atoms with Gasteiger partial charge in [-0.25, -0.2) is 9.67 Å². The van der Waals surface area contributed by atoms with Crippen LogP contribution in [-0.2, 0) is 17.8 Å². The van der Waals surface area contributed by atoms with E-state index in [1.807, 2.05) is 4.68 Å². The summed E-state index contributed by atoms with van der Waals surface area (Å²) < 4.78 is 1.81. The van der Waals surface area contributed by atoms with Gasteiger partial charge in [-0.3, -0.25) is 4.79 Å². The van der Waals surface area contributed by atoms with Crippen LogP contribution in [0.2, 0.25) is 0 Å². The largest absolute Gasteiger partial charge is 0.481 e. The van der Waals surface area contributed by atoms with E-state index in [0.717, 1.165) is 25.2 Å². The number of carbonyl (C=O) groups is 1. The van der Waals surface area contributed by atoms with Gasteiger partial charge in [0.25, 0.3) is 0 Å². The summed E-state index contributed by atoms with van der Waals surface area (Å²) in [6, 6.07) is 0. The second kappa shape index (κ2) is 5.91. The van der Waals surface area contributed by atoms with E-state index in [1.54, 1.807) is 0 Å². The Morgan fingerprint density at radius 1 is 1.60 bits per heavy atom. The standard InChI is InChI=1S/C14H24N4O2/c1-10(2)7-18-12(16-9-17-18)6-14(8-15,13(19)20)5-11-3-4-11/h9-11H,3-8,15H2,1-2H3,(H,19,20). The molecule has 1 aliphatic rings. The van der Waals surface area contributed by atoms with E-state index >= 15 is 0 Å². The number of carboxylic acid groups (broad SMARTS) is 1. The van der Waals surface area contributed by atoms with Crippen LogP contribution >= 0.6 is 0 Å². The van der Waals surface area contributed by atoms with Gasteiger partial charge in [-0.05, 0) is 18.3 Å². The maximum Gasteiger partial charge on any atom is 0.311 e. The van der Waals surface area contributed by atoms with Gasteiger partial charge in [0.05, 0.1) is 5.41 Å². The van der Waals surface area contributed by atoms with Gasteiger partial charge in [0, 0.05) is 19.5 Å². The van der Waals surface area contributed by atoms with Crippen molar-refractivity contribution < 1.29 is 9.90 Å². The summed E-state index contributed by atoms with van der Waals surface area (Å²) in [6.07, 6.45) is 4.74. The Morgan fingerprint density at radius 2 is 2.30 bits per heavy atom. The van der Waals surface area contributed by atoms with Crippen LogP contribution in [0.5, 0.6) is 0 Å². The normalized spacial score (nSPS) is 18.2. The summed E-state index contributed by atoms with van der Waals surface area (Å²) in [5, 5.41) is 13.8. The summed E-state index contributed by atoms with van der Waals surface area (Å²) in [7, 11) is 0. The number of aliphatic carboxylic acids is 1. The van der Waals surface area contributed by atoms with E-state index in [9.17, 15) is 9.90 Å². The molecule has 1 fully saturated rings. The highest BCUT2D eigenvalue weighted by Crippen LogP contribution is 2.41. The molecule has 1 heterocycles. The molecule has 1 atom stereocenters. The molecule has 0 aliphatic heterocycles. The van der Waals surface area contributed by atoms with Crippen LogP contribution in [0.3, 0.4) is 0 Å². The van der Waals surface area contributed by atoms with E-state index in [2.05, 4.69) is 23.9 Å². The van der Waals surface area contributed by atoms with Crippen molar-refractivity contribution in [1.82, 2.24) is 14.8 Å². The average Bonchev–Trinajstić information content (AvgIpc) is 3.09. The van der Waals surface area contributed by atoms with E-state index in [1.165, 1.54) is 6.33 Å². The second-order valence-corrected chi connectivity index (χ2v) is 6.37. The van der Waals surface area contributed by atoms with Gasteiger partial charge in [-0.2, -0.15) is 5.10 Å². The van der Waals surface area contributed by atoms with Gasteiger partial charge < -0.3 is 10.8 Å². The minimum Gasteiger partial charge on any atom is -0.481 e. The molecule has 1 aromatic heterocycles. The zero-order valence-electron chi connectivity index (χ0n) is 12.2. The van der Waals surface area contributed by atoms with Crippen LogP contribution in [-0.4, -0.2) is 32.4 Å². The van der Waals surface area contributed by atoms with Gasteiger partial charge in [0.2, 0.25) is 0 Å². The quantitative estimate of drug-likeness (QED) is 0.748. The lowest BCUT2D eigenvalue weighted by molar-refractivity contribution is -0.149. The molecule has 1 saturated carbocycles. The van der Waals surface area contributed by atoms with E-state index < -0.39 is 11.4 Å². The summed E-state index contributed by atoms with van der Waals surface area (Å²) >= 11 is 0. The maximum absolute atomic E-state index is 11.7. The van der Waals surface area contributed by atoms with Crippen molar-refractivity contribution >= 4 is 5.97 Å². The van der Waals surface area contributed by atoms with Crippen LogP contribution in [0, 0.1) is 17.3 Å². The van der Waals surface area contributed by atoms with Gasteiger partial charge in [0.1, 0.15) is 12.2 Å². The summed E-state index contributed by atoms with van der Waals surface area (Å²) in [6.45, 7) is 5.10. The molecule has 0 bridgehead atoms. The first kappa shape index (κ1) is 15.0. The lowest BCUT2D eigenvalue weighted by Gasteiger charge is -2.27. The molecule has 0 radical (unpaired) electrons. The fourth-order valence-corrected chi connectivity index (χ4v) is 2.58. The van der Waals surface area contributed by atoms with Gasteiger partial charge in [0.15, 0.2) is 0 Å². The molecule has 6 nitrogen and oxygen atoms in total. The Morgan fingerprint density at radius 3 is 2.80 bits per heavy atom. The van der Waals surface area contributed by atoms with Crippen molar-refractivity contribution in [1.29, 1.82) is 0 Å². The lowest BCUT2D eigenvalue weighted by atomic mass is 9.79. The zero-order chi connectivity index (χ0) is 14.8. The highest BCUT2D eigenvalue weighted by molar-refractivity contribution is 5.75. The molecule has 1 aromatic rings. The van der Waals surface area contributed by atoms with Gasteiger partial charge >= 0.3 is 5.97 Å². The molecule has 20 heavy (non-hydrogen) atoms. The van der Waals surface area contributed by atoms with Gasteiger partial charge in [-0.15, -0.1) is 0 Å². The third-order valence-corrected chi connectivity index (χ3v) is 3.95. The number of hydrogen-bond acceptors (Lipinski definition) is 4. The third-order valence-electron chi connectivity index (χ3n) is 3.95. The first-order valence-electron chi connectivity index (χ1n) is 7.27. The molecular weight excluding hydrogens is 256 g/mol. The Hall–Kier alpha value is -1.43. The van der Waals surface area contributed by atoms with Crippen molar-refractivity contribution in [3.05, 3.63) is 12.2 Å². The Bertz CT molecular complexity index is 467. The maximum atomic E-state index is 11.7. The van der Waals surface area contributed by atoms with Crippen molar-refractivity contribution in [3.63, 3.8) is 0 Å². The molecule has 0 amide bonds. The van der Waals surface area contributed by atoms with Crippen molar-refractivity contribution in [2.75, 3.05) is 6.54 Å². The van der Waals surface area contributed by atoms with Gasteiger partial charge in [-0.1, -0.05) is 26.7 Å². The van der Waals surface area contributed by atoms with Crippen LogP contribution in [0.1, 0.15) is 38.9 Å². The monoisotopic (exact) mass is 280 g/mol. The first-order valence-corrected chi connectivity index (χ1v) is 7.27. The molecule has 3 N–H and O–H groups in total. The highest BCUT2D eigenvalue weighted by atomic mass is 16.4. The Labute approximate surface area is 119 Å². The number of nitrogens with zero attached hydrogens (tertiary/aromatic N) is 3. The third kappa shape index (κ3) is 3.36. The summed E-state index contributed by atoms with van der Waals surface area (Å²) in [5.41, 5.74) is 4.91. The molecule has 1 aliphatic carbocycles. The Balaban J connectivity index is 2.18. The van der Waals surface area contributed by atoms with Crippen LogP contribution in [0.4, 0.5) is 0 Å². The Kier molecular flexibility index (Phi) is 4.42. The van der Waals surface area contributed by atoms with Crippen molar-refractivity contribution in [2.45, 2.75) is 46.1 Å². The molecule has 0 spiro atoms. The van der Waals surface area contributed by atoms with E-state index in [4.69, 9.17) is 5.73 Å². The number of nitrogens with two attached hydrogens (primary N) is 1.